The molecule has 0 unspecified atom stereocenters. The summed E-state index contributed by atoms with van der Waals surface area (Å²) in [5, 5.41) is 24.9. The minimum absolute atomic E-state index is 0.0694. The molecule has 0 heterocycles. The average Bonchev–Trinajstić information content (AvgIpc) is 2.92. The first-order chi connectivity index (χ1) is 18.2. The second kappa shape index (κ2) is 10.8. The van der Waals surface area contributed by atoms with E-state index in [0.717, 1.165) is 17.5 Å². The quantitative estimate of drug-likeness (QED) is 0.109. The fourth-order valence-corrected chi connectivity index (χ4v) is 4.54. The molecule has 0 aliphatic rings. The van der Waals surface area contributed by atoms with Gasteiger partial charge in [-0.15, -0.1) is 0 Å². The molecule has 0 spiro atoms. The Morgan fingerprint density at radius 1 is 1.00 bits per heavy atom. The van der Waals surface area contributed by atoms with Gasteiger partial charge in [0, 0.05) is 5.56 Å². The first kappa shape index (κ1) is 25.9. The number of nitriles is 1. The molecule has 0 radical (unpaired) electrons. The van der Waals surface area contributed by atoms with Crippen LogP contribution in [0.2, 0.25) is 0 Å². The molecule has 0 aliphatic heterocycles. The highest BCUT2D eigenvalue weighted by Gasteiger charge is 2.21. The number of anilines is 1. The zero-order valence-corrected chi connectivity index (χ0v) is 20.6. The summed E-state index contributed by atoms with van der Waals surface area (Å²) in [6, 6.07) is 23.3. The Balaban J connectivity index is 1.63. The van der Waals surface area contributed by atoms with Crippen molar-refractivity contribution in [2.75, 3.05) is 12.4 Å². The Hall–Kier alpha value is -5.21. The lowest BCUT2D eigenvalue weighted by Gasteiger charge is -2.11. The molecule has 10 nitrogen and oxygen atoms in total. The summed E-state index contributed by atoms with van der Waals surface area (Å²) in [4.78, 5) is 23.5. The van der Waals surface area contributed by atoms with Gasteiger partial charge >= 0.3 is 10.1 Å². The van der Waals surface area contributed by atoms with Gasteiger partial charge in [0.2, 0.25) is 0 Å². The number of ether oxygens (including phenoxy) is 1. The van der Waals surface area contributed by atoms with Crippen LogP contribution in [0.1, 0.15) is 5.56 Å². The SMILES string of the molecule is COc1ccc(NC(=O)C(C#N)=Cc2ccccc2OS(=O)(=O)c2ccc3ccccc3c2)c([N+](=O)[O-])c1. The number of rotatable bonds is 8. The van der Waals surface area contributed by atoms with Crippen LogP contribution in [-0.2, 0) is 14.9 Å². The van der Waals surface area contributed by atoms with Crippen LogP contribution in [0, 0.1) is 21.4 Å². The van der Waals surface area contributed by atoms with Gasteiger partial charge in [-0.1, -0.05) is 48.5 Å². The molecule has 0 saturated heterocycles. The number of methoxy groups -OCH3 is 1. The van der Waals surface area contributed by atoms with E-state index in [0.29, 0.717) is 5.39 Å². The van der Waals surface area contributed by atoms with Gasteiger partial charge in [-0.05, 0) is 47.2 Å². The van der Waals surface area contributed by atoms with Crippen molar-refractivity contribution < 1.29 is 27.1 Å². The lowest BCUT2D eigenvalue weighted by atomic mass is 10.1. The third kappa shape index (κ3) is 5.61. The molecular weight excluding hydrogens is 510 g/mol. The van der Waals surface area contributed by atoms with Crippen LogP contribution in [-0.4, -0.2) is 26.4 Å². The Morgan fingerprint density at radius 2 is 1.71 bits per heavy atom. The maximum atomic E-state index is 13.0. The van der Waals surface area contributed by atoms with E-state index in [1.807, 2.05) is 12.1 Å². The first-order valence-electron chi connectivity index (χ1n) is 11.0. The van der Waals surface area contributed by atoms with Crippen LogP contribution < -0.4 is 14.2 Å². The number of nitrogens with zero attached hydrogens (tertiary/aromatic N) is 2. The highest BCUT2D eigenvalue weighted by molar-refractivity contribution is 7.87. The predicted molar refractivity (Wildman–Crippen MR) is 140 cm³/mol. The third-order valence-corrected chi connectivity index (χ3v) is 6.67. The average molecular weight is 530 g/mol. The van der Waals surface area contributed by atoms with Gasteiger partial charge < -0.3 is 14.2 Å². The summed E-state index contributed by atoms with van der Waals surface area (Å²) in [5.74, 6) is -0.839. The molecule has 38 heavy (non-hydrogen) atoms. The molecule has 1 amide bonds. The van der Waals surface area contributed by atoms with E-state index >= 15 is 0 Å². The van der Waals surface area contributed by atoms with Crippen LogP contribution in [0.3, 0.4) is 0 Å². The van der Waals surface area contributed by atoms with Gasteiger partial charge in [0.15, 0.2) is 0 Å². The number of nitro benzene ring substituents is 1. The van der Waals surface area contributed by atoms with E-state index in [1.54, 1.807) is 30.3 Å². The normalized spacial score (nSPS) is 11.4. The monoisotopic (exact) mass is 529 g/mol. The van der Waals surface area contributed by atoms with Crippen LogP contribution in [0.5, 0.6) is 11.5 Å². The van der Waals surface area contributed by atoms with E-state index in [1.165, 1.54) is 49.6 Å². The Morgan fingerprint density at radius 3 is 2.42 bits per heavy atom. The molecule has 0 saturated carbocycles. The largest absolute Gasteiger partial charge is 0.496 e. The van der Waals surface area contributed by atoms with E-state index in [9.17, 15) is 28.6 Å². The van der Waals surface area contributed by atoms with Crippen LogP contribution in [0.25, 0.3) is 16.8 Å². The number of para-hydroxylation sites is 1. The van der Waals surface area contributed by atoms with E-state index in [-0.39, 0.29) is 27.6 Å². The highest BCUT2D eigenvalue weighted by Crippen LogP contribution is 2.30. The van der Waals surface area contributed by atoms with E-state index in [4.69, 9.17) is 8.92 Å². The lowest BCUT2D eigenvalue weighted by Crippen LogP contribution is -2.15. The molecule has 190 valence electrons. The minimum Gasteiger partial charge on any atom is -0.496 e. The number of amides is 1. The van der Waals surface area contributed by atoms with Crippen molar-refractivity contribution in [1.29, 1.82) is 5.26 Å². The standard InChI is InChI=1S/C27H19N3O7S/c1-36-22-11-13-24(25(16-22)30(32)33)29-27(31)21(17-28)14-20-8-4-5-9-26(20)37-38(34,35)23-12-10-18-6-2-3-7-19(18)15-23/h2-16H,1H3,(H,29,31). The molecule has 4 aromatic carbocycles. The van der Waals surface area contributed by atoms with Gasteiger partial charge in [-0.25, -0.2) is 0 Å². The topological polar surface area (TPSA) is 149 Å². The summed E-state index contributed by atoms with van der Waals surface area (Å²) in [5.41, 5.74) is -0.882. The maximum Gasteiger partial charge on any atom is 0.339 e. The number of hydrogen-bond donors (Lipinski definition) is 1. The second-order valence-electron chi connectivity index (χ2n) is 7.85. The second-order valence-corrected chi connectivity index (χ2v) is 9.39. The number of fused-ring (bicyclic) bond motifs is 1. The van der Waals surface area contributed by atoms with Crippen molar-refractivity contribution in [2.24, 2.45) is 0 Å². The molecule has 11 heteroatoms. The molecular formula is C27H19N3O7S. The summed E-state index contributed by atoms with van der Waals surface area (Å²) in [6.45, 7) is 0. The number of carbonyl (C=O) groups excluding carboxylic acids is 1. The molecule has 4 rings (SSSR count). The molecule has 0 aromatic heterocycles. The Labute approximate surface area is 217 Å². The van der Waals surface area contributed by atoms with Crippen molar-refractivity contribution >= 4 is 44.2 Å². The van der Waals surface area contributed by atoms with Crippen molar-refractivity contribution in [3.05, 3.63) is 106 Å². The summed E-state index contributed by atoms with van der Waals surface area (Å²) in [7, 11) is -2.92. The predicted octanol–water partition coefficient (Wildman–Crippen LogP) is 5.07. The zero-order valence-electron chi connectivity index (χ0n) is 19.8. The molecule has 4 aromatic rings. The maximum absolute atomic E-state index is 13.0. The van der Waals surface area contributed by atoms with Gasteiger partial charge in [0.1, 0.15) is 33.7 Å². The molecule has 1 N–H and O–H groups in total. The zero-order chi connectivity index (χ0) is 27.3. The highest BCUT2D eigenvalue weighted by atomic mass is 32.2. The van der Waals surface area contributed by atoms with E-state index < -0.39 is 32.2 Å². The van der Waals surface area contributed by atoms with Crippen molar-refractivity contribution in [1.82, 2.24) is 0 Å². The number of nitro groups is 1. The molecule has 0 aliphatic carbocycles. The van der Waals surface area contributed by atoms with Crippen molar-refractivity contribution in [3.8, 4) is 17.6 Å². The van der Waals surface area contributed by atoms with Gasteiger partial charge in [0.05, 0.1) is 18.1 Å². The number of carbonyl (C=O) groups is 1. The summed E-state index contributed by atoms with van der Waals surface area (Å²) in [6.07, 6.45) is 1.13. The van der Waals surface area contributed by atoms with Crippen molar-refractivity contribution in [2.45, 2.75) is 4.90 Å². The Kier molecular flexibility index (Phi) is 7.36. The smallest absolute Gasteiger partial charge is 0.339 e. The van der Waals surface area contributed by atoms with Gasteiger partial charge in [-0.3, -0.25) is 14.9 Å². The Bertz CT molecular complexity index is 1740. The molecule has 0 fully saturated rings. The minimum atomic E-state index is -4.26. The fourth-order valence-electron chi connectivity index (χ4n) is 3.55. The third-order valence-electron chi connectivity index (χ3n) is 5.44. The fraction of sp³-hybridized carbons (Fsp3) is 0.0370. The lowest BCUT2D eigenvalue weighted by molar-refractivity contribution is -0.384. The number of benzene rings is 4. The number of nitrogens with one attached hydrogen (secondary N) is 1. The molecule has 0 atom stereocenters. The number of hydrogen-bond acceptors (Lipinski definition) is 8. The van der Waals surface area contributed by atoms with Gasteiger partial charge in [-0.2, -0.15) is 13.7 Å². The van der Waals surface area contributed by atoms with Crippen LogP contribution in [0.15, 0.2) is 95.4 Å². The summed E-state index contributed by atoms with van der Waals surface area (Å²) >= 11 is 0. The summed E-state index contributed by atoms with van der Waals surface area (Å²) < 4.78 is 36.4. The van der Waals surface area contributed by atoms with Crippen molar-refractivity contribution in [3.63, 3.8) is 0 Å². The van der Waals surface area contributed by atoms with Crippen LogP contribution in [0.4, 0.5) is 11.4 Å². The van der Waals surface area contributed by atoms with Crippen LogP contribution >= 0.6 is 0 Å². The first-order valence-corrected chi connectivity index (χ1v) is 12.4. The van der Waals surface area contributed by atoms with E-state index in [2.05, 4.69) is 5.32 Å². The molecule has 0 bridgehead atoms. The van der Waals surface area contributed by atoms with Gasteiger partial charge in [0.25, 0.3) is 11.6 Å².